The molecule has 3 aromatic rings. The van der Waals surface area contributed by atoms with Gasteiger partial charge in [-0.25, -0.2) is 9.18 Å². The molecule has 0 bridgehead atoms. The molecule has 3 aromatic carbocycles. The minimum absolute atomic E-state index is 0.121. The van der Waals surface area contributed by atoms with E-state index in [4.69, 9.17) is 9.47 Å². The van der Waals surface area contributed by atoms with Gasteiger partial charge in [-0.05, 0) is 60.0 Å². The Kier molecular flexibility index (Phi) is 13.0. The van der Waals surface area contributed by atoms with Crippen LogP contribution in [-0.2, 0) is 0 Å². The van der Waals surface area contributed by atoms with E-state index >= 15 is 0 Å². The summed E-state index contributed by atoms with van der Waals surface area (Å²) in [7, 11) is 0. The van der Waals surface area contributed by atoms with Crippen molar-refractivity contribution in [3.63, 3.8) is 0 Å². The molecule has 0 aliphatic carbocycles. The number of hydrogen-bond donors (Lipinski definition) is 0. The Hall–Kier alpha value is -3.21. The Balaban J connectivity index is 1.48. The molecule has 3 rings (SSSR count). The molecule has 0 atom stereocenters. The first-order valence-corrected chi connectivity index (χ1v) is 14.7. The van der Waals surface area contributed by atoms with Crippen molar-refractivity contribution in [3.8, 4) is 11.5 Å². The molecule has 0 spiro atoms. The minimum atomic E-state index is -0.637. The summed E-state index contributed by atoms with van der Waals surface area (Å²) in [5, 5.41) is 1.76. The summed E-state index contributed by atoms with van der Waals surface area (Å²) in [5.41, 5.74) is 0.819. The van der Waals surface area contributed by atoms with E-state index in [9.17, 15) is 14.0 Å². The van der Waals surface area contributed by atoms with Crippen LogP contribution < -0.4 is 9.47 Å². The first kappa shape index (κ1) is 30.3. The van der Waals surface area contributed by atoms with E-state index < -0.39 is 11.8 Å². The molecule has 5 heteroatoms. The molecule has 0 aliphatic heterocycles. The van der Waals surface area contributed by atoms with E-state index in [1.165, 1.54) is 50.7 Å². The fourth-order valence-corrected chi connectivity index (χ4v) is 4.65. The second-order valence-electron chi connectivity index (χ2n) is 10.3. The average molecular weight is 535 g/mol. The zero-order valence-electron chi connectivity index (χ0n) is 23.6. The first-order chi connectivity index (χ1) is 19.0. The number of ether oxygens (including phenoxy) is 2. The zero-order valence-corrected chi connectivity index (χ0v) is 23.6. The third kappa shape index (κ3) is 10.1. The summed E-state index contributed by atoms with van der Waals surface area (Å²) in [6.07, 6.45) is 14.3. The van der Waals surface area contributed by atoms with Crippen LogP contribution in [0.3, 0.4) is 0 Å². The standard InChI is InChI=1S/C34H43FO4/c1-3-5-7-9-10-11-12-14-22-38-33-21-19-29(25-31(33)35)34(37)39-30-20-18-26-23-28(17-16-27(26)24-30)32(36)15-13-8-6-4-2/h16-21,23-25H,3-15,22H2,1-2H3. The van der Waals surface area contributed by atoms with Crippen molar-refractivity contribution in [2.24, 2.45) is 0 Å². The van der Waals surface area contributed by atoms with Crippen molar-refractivity contribution in [3.05, 3.63) is 71.5 Å². The van der Waals surface area contributed by atoms with Gasteiger partial charge in [0, 0.05) is 12.0 Å². The highest BCUT2D eigenvalue weighted by molar-refractivity contribution is 6.00. The molecule has 0 saturated heterocycles. The number of benzene rings is 3. The van der Waals surface area contributed by atoms with Crippen LogP contribution in [0.15, 0.2) is 54.6 Å². The lowest BCUT2D eigenvalue weighted by Crippen LogP contribution is -2.09. The van der Waals surface area contributed by atoms with Crippen molar-refractivity contribution in [2.45, 2.75) is 97.3 Å². The summed E-state index contributed by atoms with van der Waals surface area (Å²) in [5.74, 6) is -0.551. The number of hydrogen-bond acceptors (Lipinski definition) is 4. The van der Waals surface area contributed by atoms with Gasteiger partial charge in [0.25, 0.3) is 0 Å². The maximum atomic E-state index is 14.6. The third-order valence-corrected chi connectivity index (χ3v) is 7.02. The van der Waals surface area contributed by atoms with Gasteiger partial charge in [-0.15, -0.1) is 0 Å². The third-order valence-electron chi connectivity index (χ3n) is 7.02. The number of Topliss-reactive ketones (excluding diaryl/α,β-unsaturated/α-hetero) is 1. The highest BCUT2D eigenvalue weighted by Gasteiger charge is 2.14. The number of rotatable bonds is 18. The summed E-state index contributed by atoms with van der Waals surface area (Å²) < 4.78 is 25.7. The molecule has 0 saturated carbocycles. The molecular weight excluding hydrogens is 491 g/mol. The molecule has 0 unspecified atom stereocenters. The second kappa shape index (κ2) is 16.7. The topological polar surface area (TPSA) is 52.6 Å². The normalized spacial score (nSPS) is 11.1. The van der Waals surface area contributed by atoms with Crippen LogP contribution >= 0.6 is 0 Å². The van der Waals surface area contributed by atoms with Crippen LogP contribution in [0.2, 0.25) is 0 Å². The van der Waals surface area contributed by atoms with Gasteiger partial charge in [0.05, 0.1) is 12.2 Å². The first-order valence-electron chi connectivity index (χ1n) is 14.7. The number of fused-ring (bicyclic) bond motifs is 1. The lowest BCUT2D eigenvalue weighted by atomic mass is 10.0. The monoisotopic (exact) mass is 534 g/mol. The Morgan fingerprint density at radius 2 is 1.28 bits per heavy atom. The number of carbonyl (C=O) groups excluding carboxylic acids is 2. The van der Waals surface area contributed by atoms with Gasteiger partial charge < -0.3 is 9.47 Å². The fourth-order valence-electron chi connectivity index (χ4n) is 4.65. The number of carbonyl (C=O) groups is 2. The van der Waals surface area contributed by atoms with Gasteiger partial charge in [0.2, 0.25) is 0 Å². The Labute approximate surface area is 232 Å². The maximum Gasteiger partial charge on any atom is 0.343 e. The fraction of sp³-hybridized carbons (Fsp3) is 0.471. The van der Waals surface area contributed by atoms with E-state index in [1.54, 1.807) is 12.1 Å². The minimum Gasteiger partial charge on any atom is -0.491 e. The van der Waals surface area contributed by atoms with Gasteiger partial charge in [0.1, 0.15) is 5.75 Å². The average Bonchev–Trinajstić information content (AvgIpc) is 2.94. The summed E-state index contributed by atoms with van der Waals surface area (Å²) in [6.45, 7) is 4.83. The smallest absolute Gasteiger partial charge is 0.343 e. The Morgan fingerprint density at radius 3 is 2.00 bits per heavy atom. The molecule has 0 amide bonds. The lowest BCUT2D eigenvalue weighted by Gasteiger charge is -2.10. The molecule has 0 aromatic heterocycles. The van der Waals surface area contributed by atoms with Crippen LogP contribution in [0, 0.1) is 5.82 Å². The van der Waals surface area contributed by atoms with Crippen LogP contribution in [0.25, 0.3) is 10.8 Å². The van der Waals surface area contributed by atoms with Gasteiger partial charge in [0.15, 0.2) is 17.3 Å². The van der Waals surface area contributed by atoms with Crippen molar-refractivity contribution in [2.75, 3.05) is 6.61 Å². The van der Waals surface area contributed by atoms with Crippen molar-refractivity contribution in [1.82, 2.24) is 0 Å². The van der Waals surface area contributed by atoms with Crippen LogP contribution in [0.5, 0.6) is 11.5 Å². The van der Waals surface area contributed by atoms with E-state index in [0.717, 1.165) is 55.4 Å². The van der Waals surface area contributed by atoms with Gasteiger partial charge >= 0.3 is 5.97 Å². The van der Waals surface area contributed by atoms with Crippen molar-refractivity contribution >= 4 is 22.5 Å². The molecular formula is C34H43FO4. The highest BCUT2D eigenvalue weighted by atomic mass is 19.1. The van der Waals surface area contributed by atoms with E-state index in [-0.39, 0.29) is 17.1 Å². The summed E-state index contributed by atoms with van der Waals surface area (Å²) in [4.78, 5) is 25.2. The van der Waals surface area contributed by atoms with E-state index in [1.807, 2.05) is 24.3 Å². The maximum absolute atomic E-state index is 14.6. The number of esters is 1. The highest BCUT2D eigenvalue weighted by Crippen LogP contribution is 2.25. The lowest BCUT2D eigenvalue weighted by molar-refractivity contribution is 0.0734. The van der Waals surface area contributed by atoms with E-state index in [2.05, 4.69) is 13.8 Å². The molecule has 0 fully saturated rings. The van der Waals surface area contributed by atoms with Gasteiger partial charge in [-0.3, -0.25) is 4.79 Å². The van der Waals surface area contributed by atoms with E-state index in [0.29, 0.717) is 24.3 Å². The molecule has 0 aliphatic rings. The van der Waals surface area contributed by atoms with Crippen LogP contribution in [0.4, 0.5) is 4.39 Å². The molecule has 0 heterocycles. The summed E-state index contributed by atoms with van der Waals surface area (Å²) in [6, 6.07) is 15.0. The Morgan fingerprint density at radius 1 is 0.667 bits per heavy atom. The SMILES string of the molecule is CCCCCCCCCCOc1ccc(C(=O)Oc2ccc3cc(C(=O)CCCCCC)ccc3c2)cc1F. The predicted octanol–water partition coefficient (Wildman–Crippen LogP) is 9.87. The number of unbranched alkanes of at least 4 members (excludes halogenated alkanes) is 10. The second-order valence-corrected chi connectivity index (χ2v) is 10.3. The van der Waals surface area contributed by atoms with Gasteiger partial charge in [-0.1, -0.05) is 96.3 Å². The Bertz CT molecular complexity index is 1200. The zero-order chi connectivity index (χ0) is 27.9. The quantitative estimate of drug-likeness (QED) is 0.0705. The van der Waals surface area contributed by atoms with Crippen LogP contribution in [0.1, 0.15) is 118 Å². The molecule has 4 nitrogen and oxygen atoms in total. The number of ketones is 1. The molecule has 39 heavy (non-hydrogen) atoms. The van der Waals surface area contributed by atoms with Crippen molar-refractivity contribution < 1.29 is 23.5 Å². The van der Waals surface area contributed by atoms with Gasteiger partial charge in [-0.2, -0.15) is 0 Å². The summed E-state index contributed by atoms with van der Waals surface area (Å²) >= 11 is 0. The van der Waals surface area contributed by atoms with Crippen molar-refractivity contribution in [1.29, 1.82) is 0 Å². The van der Waals surface area contributed by atoms with Crippen LogP contribution in [-0.4, -0.2) is 18.4 Å². The predicted molar refractivity (Wildman–Crippen MR) is 157 cm³/mol. The number of halogens is 1. The largest absolute Gasteiger partial charge is 0.491 e. The molecule has 210 valence electrons. The molecule has 0 N–H and O–H groups in total. The molecule has 0 radical (unpaired) electrons.